The van der Waals surface area contributed by atoms with E-state index < -0.39 is 6.04 Å². The van der Waals surface area contributed by atoms with Crippen molar-refractivity contribution in [2.24, 2.45) is 5.73 Å². The summed E-state index contributed by atoms with van der Waals surface area (Å²) in [4.78, 5) is 11.4. The third kappa shape index (κ3) is 3.39. The van der Waals surface area contributed by atoms with Crippen LogP contribution >= 0.6 is 0 Å². The fourth-order valence-electron chi connectivity index (χ4n) is 1.67. The first kappa shape index (κ1) is 13.2. The van der Waals surface area contributed by atoms with Crippen LogP contribution in [0.2, 0.25) is 0 Å². The highest BCUT2D eigenvalue weighted by Gasteiger charge is 2.07. The van der Waals surface area contributed by atoms with Gasteiger partial charge >= 0.3 is 0 Å². The number of nitrogens with one attached hydrogen (secondary N) is 1. The second-order valence-electron chi connectivity index (χ2n) is 4.37. The quantitative estimate of drug-likeness (QED) is 0.889. The Kier molecular flexibility index (Phi) is 3.92. The molecule has 0 spiro atoms. The monoisotopic (exact) mass is 258 g/mol. The van der Waals surface area contributed by atoms with Crippen LogP contribution in [0.4, 0.5) is 10.1 Å². The fourth-order valence-corrected chi connectivity index (χ4v) is 1.67. The minimum Gasteiger partial charge on any atom is -0.325 e. The number of nitrogens with two attached hydrogens (primary N) is 1. The van der Waals surface area contributed by atoms with Crippen molar-refractivity contribution >= 4 is 11.6 Å². The summed E-state index contributed by atoms with van der Waals surface area (Å²) in [6.07, 6.45) is 0. The summed E-state index contributed by atoms with van der Waals surface area (Å²) in [7, 11) is 0. The molecule has 0 aliphatic heterocycles. The van der Waals surface area contributed by atoms with Gasteiger partial charge in [0.15, 0.2) is 0 Å². The number of benzene rings is 2. The molecule has 0 aliphatic carbocycles. The topological polar surface area (TPSA) is 55.1 Å². The maximum Gasteiger partial charge on any atom is 0.240 e. The van der Waals surface area contributed by atoms with Crippen LogP contribution in [0.3, 0.4) is 0 Å². The Morgan fingerprint density at radius 1 is 1.16 bits per heavy atom. The number of rotatable bonds is 3. The van der Waals surface area contributed by atoms with Crippen LogP contribution in [0.5, 0.6) is 0 Å². The lowest BCUT2D eigenvalue weighted by Gasteiger charge is -2.08. The molecule has 0 unspecified atom stereocenters. The van der Waals surface area contributed by atoms with E-state index in [0.29, 0.717) is 5.69 Å². The second kappa shape index (κ2) is 5.63. The van der Waals surface area contributed by atoms with Gasteiger partial charge in [-0.2, -0.15) is 0 Å². The van der Waals surface area contributed by atoms with Gasteiger partial charge in [0, 0.05) is 5.69 Å². The van der Waals surface area contributed by atoms with Crippen LogP contribution in [-0.2, 0) is 4.79 Å². The van der Waals surface area contributed by atoms with Crippen molar-refractivity contribution < 1.29 is 9.18 Å². The summed E-state index contributed by atoms with van der Waals surface area (Å²) in [5.74, 6) is -0.509. The first-order valence-corrected chi connectivity index (χ1v) is 5.99. The van der Waals surface area contributed by atoms with Crippen molar-refractivity contribution in [2.75, 3.05) is 5.32 Å². The normalized spacial score (nSPS) is 11.9. The number of carbonyl (C=O) groups is 1. The summed E-state index contributed by atoms with van der Waals surface area (Å²) in [6, 6.07) is 13.0. The molecule has 4 heteroatoms. The zero-order valence-electron chi connectivity index (χ0n) is 10.6. The summed E-state index contributed by atoms with van der Waals surface area (Å²) >= 11 is 0. The van der Waals surface area contributed by atoms with E-state index in [1.54, 1.807) is 25.1 Å². The van der Waals surface area contributed by atoms with Crippen molar-refractivity contribution in [3.63, 3.8) is 0 Å². The van der Waals surface area contributed by atoms with E-state index in [-0.39, 0.29) is 11.7 Å². The van der Waals surface area contributed by atoms with E-state index in [4.69, 9.17) is 5.73 Å². The molecule has 98 valence electrons. The highest BCUT2D eigenvalue weighted by Crippen LogP contribution is 2.22. The van der Waals surface area contributed by atoms with Gasteiger partial charge in [0.1, 0.15) is 5.82 Å². The van der Waals surface area contributed by atoms with Gasteiger partial charge in [0.2, 0.25) is 5.91 Å². The maximum absolute atomic E-state index is 13.1. The summed E-state index contributed by atoms with van der Waals surface area (Å²) in [5, 5.41) is 2.69. The minimum absolute atomic E-state index is 0.237. The number of halogens is 1. The summed E-state index contributed by atoms with van der Waals surface area (Å²) < 4.78 is 13.1. The van der Waals surface area contributed by atoms with Gasteiger partial charge in [-0.25, -0.2) is 4.39 Å². The molecule has 2 aromatic carbocycles. The van der Waals surface area contributed by atoms with Crippen LogP contribution < -0.4 is 11.1 Å². The lowest BCUT2D eigenvalue weighted by Crippen LogP contribution is -2.32. The third-order valence-corrected chi connectivity index (χ3v) is 2.72. The molecule has 0 bridgehead atoms. The Labute approximate surface area is 111 Å². The zero-order chi connectivity index (χ0) is 13.8. The maximum atomic E-state index is 13.1. The molecule has 0 saturated heterocycles. The van der Waals surface area contributed by atoms with Crippen LogP contribution in [0.25, 0.3) is 11.1 Å². The minimum atomic E-state index is -0.553. The fraction of sp³-hybridized carbons (Fsp3) is 0.133. The molecule has 2 rings (SSSR count). The van der Waals surface area contributed by atoms with E-state index in [1.165, 1.54) is 12.1 Å². The summed E-state index contributed by atoms with van der Waals surface area (Å²) in [6.45, 7) is 1.62. The predicted octanol–water partition coefficient (Wildman–Crippen LogP) is 2.78. The van der Waals surface area contributed by atoms with E-state index in [2.05, 4.69) is 5.32 Å². The van der Waals surface area contributed by atoms with Crippen LogP contribution in [0.15, 0.2) is 48.5 Å². The molecule has 0 fully saturated rings. The van der Waals surface area contributed by atoms with Gasteiger partial charge in [-0.05, 0) is 42.3 Å². The lowest BCUT2D eigenvalue weighted by atomic mass is 10.1. The van der Waals surface area contributed by atoms with E-state index in [9.17, 15) is 9.18 Å². The Morgan fingerprint density at radius 2 is 1.84 bits per heavy atom. The number of carbonyl (C=O) groups excluding carboxylic acids is 1. The third-order valence-electron chi connectivity index (χ3n) is 2.72. The van der Waals surface area contributed by atoms with E-state index >= 15 is 0 Å². The van der Waals surface area contributed by atoms with E-state index in [0.717, 1.165) is 11.1 Å². The SMILES string of the molecule is C[C@H](N)C(=O)Nc1ccc(-c2cccc(F)c2)cc1. The molecule has 2 aromatic rings. The van der Waals surface area contributed by atoms with Crippen molar-refractivity contribution in [1.82, 2.24) is 0 Å². The molecule has 3 nitrogen and oxygen atoms in total. The predicted molar refractivity (Wildman–Crippen MR) is 74.1 cm³/mol. The molecule has 1 atom stereocenters. The molecule has 0 aliphatic rings. The van der Waals surface area contributed by atoms with Crippen molar-refractivity contribution in [2.45, 2.75) is 13.0 Å². The molecule has 0 saturated carbocycles. The molecule has 0 aromatic heterocycles. The van der Waals surface area contributed by atoms with Gasteiger partial charge in [-0.3, -0.25) is 4.79 Å². The standard InChI is InChI=1S/C15H15FN2O/c1-10(17)15(19)18-14-7-5-11(6-8-14)12-3-2-4-13(16)9-12/h2-10H,17H2,1H3,(H,18,19)/t10-/m0/s1. The Bertz CT molecular complexity index is 579. The molecule has 1 amide bonds. The largest absolute Gasteiger partial charge is 0.325 e. The molecular formula is C15H15FN2O. The van der Waals surface area contributed by atoms with Crippen LogP contribution in [0.1, 0.15) is 6.92 Å². The Morgan fingerprint density at radius 3 is 2.42 bits per heavy atom. The number of amides is 1. The first-order chi connectivity index (χ1) is 9.06. The van der Waals surface area contributed by atoms with Gasteiger partial charge in [-0.1, -0.05) is 24.3 Å². The highest BCUT2D eigenvalue weighted by molar-refractivity contribution is 5.94. The molecule has 0 heterocycles. The lowest BCUT2D eigenvalue weighted by molar-refractivity contribution is -0.117. The molecular weight excluding hydrogens is 243 g/mol. The molecule has 0 radical (unpaired) electrons. The molecule has 19 heavy (non-hydrogen) atoms. The number of anilines is 1. The van der Waals surface area contributed by atoms with Crippen molar-refractivity contribution in [3.05, 3.63) is 54.3 Å². The Balaban J connectivity index is 2.17. The highest BCUT2D eigenvalue weighted by atomic mass is 19.1. The number of hydrogen-bond donors (Lipinski definition) is 2. The van der Waals surface area contributed by atoms with Crippen molar-refractivity contribution in [3.8, 4) is 11.1 Å². The van der Waals surface area contributed by atoms with Gasteiger partial charge < -0.3 is 11.1 Å². The number of hydrogen-bond acceptors (Lipinski definition) is 2. The second-order valence-corrected chi connectivity index (χ2v) is 4.37. The van der Waals surface area contributed by atoms with Crippen LogP contribution in [0, 0.1) is 5.82 Å². The van der Waals surface area contributed by atoms with E-state index in [1.807, 2.05) is 18.2 Å². The van der Waals surface area contributed by atoms with Gasteiger partial charge in [-0.15, -0.1) is 0 Å². The smallest absolute Gasteiger partial charge is 0.240 e. The summed E-state index contributed by atoms with van der Waals surface area (Å²) in [5.41, 5.74) is 7.82. The Hall–Kier alpha value is -2.20. The van der Waals surface area contributed by atoms with Crippen LogP contribution in [-0.4, -0.2) is 11.9 Å². The van der Waals surface area contributed by atoms with Gasteiger partial charge in [0.25, 0.3) is 0 Å². The average Bonchev–Trinajstić information content (AvgIpc) is 2.39. The van der Waals surface area contributed by atoms with Crippen molar-refractivity contribution in [1.29, 1.82) is 0 Å². The zero-order valence-corrected chi connectivity index (χ0v) is 10.6. The first-order valence-electron chi connectivity index (χ1n) is 5.99. The van der Waals surface area contributed by atoms with Gasteiger partial charge in [0.05, 0.1) is 6.04 Å². The molecule has 3 N–H and O–H groups in total. The average molecular weight is 258 g/mol.